The maximum absolute atomic E-state index is 10.7. The molecule has 0 rings (SSSR count). The molecule has 10 heavy (non-hydrogen) atoms. The summed E-state index contributed by atoms with van der Waals surface area (Å²) in [6.45, 7) is 3.03. The Kier molecular flexibility index (Phi) is 3.88. The van der Waals surface area contributed by atoms with E-state index in [1.54, 1.807) is 0 Å². The van der Waals surface area contributed by atoms with Crippen molar-refractivity contribution in [3.8, 4) is 0 Å². The molecule has 0 bridgehead atoms. The van der Waals surface area contributed by atoms with Gasteiger partial charge in [0.05, 0.1) is 0 Å². The highest BCUT2D eigenvalue weighted by Gasteiger charge is 2.17. The lowest BCUT2D eigenvalue weighted by Gasteiger charge is -2.02. The van der Waals surface area contributed by atoms with Gasteiger partial charge in [0, 0.05) is 6.42 Å². The van der Waals surface area contributed by atoms with Crippen molar-refractivity contribution in [3.63, 3.8) is 0 Å². The molecule has 3 nitrogen and oxygen atoms in total. The Labute approximate surface area is 60.0 Å². The third-order valence-corrected chi connectivity index (χ3v) is 1.19. The Balaban J connectivity index is 3.82. The zero-order chi connectivity index (χ0) is 8.15. The monoisotopic (exact) mass is 144 g/mol. The van der Waals surface area contributed by atoms with Crippen molar-refractivity contribution in [2.75, 3.05) is 0 Å². The summed E-state index contributed by atoms with van der Waals surface area (Å²) in [4.78, 5) is 21.1. The van der Waals surface area contributed by atoms with Crippen molar-refractivity contribution < 1.29 is 14.7 Å². The molecule has 0 unspecified atom stereocenters. The van der Waals surface area contributed by atoms with Gasteiger partial charge in [-0.1, -0.05) is 6.92 Å². The molecule has 0 saturated carbocycles. The predicted octanol–water partition coefficient (Wildman–Crippen LogP) is 0.305. The van der Waals surface area contributed by atoms with Gasteiger partial charge in [-0.25, -0.2) is 0 Å². The molecule has 1 N–H and O–H groups in total. The predicted molar refractivity (Wildman–Crippen MR) is 36.6 cm³/mol. The molecule has 0 aliphatic heterocycles. The standard InChI is InChI=1S/C7H12O3/c1-3-4-6(9)7(10)5(2)8/h7,10H,3-4H2,1-2H3/t7-/m1/s1. The number of Topliss-reactive ketones (excluding diaryl/α,β-unsaturated/α-hetero) is 2. The summed E-state index contributed by atoms with van der Waals surface area (Å²) in [7, 11) is 0. The first-order valence-corrected chi connectivity index (χ1v) is 3.30. The van der Waals surface area contributed by atoms with E-state index in [9.17, 15) is 9.59 Å². The Morgan fingerprint density at radius 1 is 1.50 bits per heavy atom. The lowest BCUT2D eigenvalue weighted by Crippen LogP contribution is -2.27. The smallest absolute Gasteiger partial charge is 0.170 e. The van der Waals surface area contributed by atoms with Gasteiger partial charge in [-0.3, -0.25) is 9.59 Å². The number of ketones is 2. The molecule has 0 aromatic rings. The van der Waals surface area contributed by atoms with Crippen LogP contribution in [0.2, 0.25) is 0 Å². The van der Waals surface area contributed by atoms with E-state index in [0.29, 0.717) is 6.42 Å². The molecule has 0 aromatic heterocycles. The van der Waals surface area contributed by atoms with Crippen LogP contribution in [-0.2, 0) is 9.59 Å². The van der Waals surface area contributed by atoms with Crippen LogP contribution in [0.25, 0.3) is 0 Å². The summed E-state index contributed by atoms with van der Waals surface area (Å²) in [6, 6.07) is 0. The summed E-state index contributed by atoms with van der Waals surface area (Å²) in [5, 5.41) is 8.83. The van der Waals surface area contributed by atoms with E-state index in [2.05, 4.69) is 0 Å². The van der Waals surface area contributed by atoms with Crippen LogP contribution in [0.3, 0.4) is 0 Å². The molecule has 58 valence electrons. The number of carbonyl (C=O) groups is 2. The molecule has 0 aliphatic rings. The Morgan fingerprint density at radius 2 is 2.00 bits per heavy atom. The zero-order valence-corrected chi connectivity index (χ0v) is 6.26. The van der Waals surface area contributed by atoms with Crippen LogP contribution in [0.4, 0.5) is 0 Å². The topological polar surface area (TPSA) is 54.4 Å². The quantitative estimate of drug-likeness (QED) is 0.577. The minimum atomic E-state index is -1.39. The van der Waals surface area contributed by atoms with Crippen LogP contribution in [0.15, 0.2) is 0 Å². The molecule has 0 saturated heterocycles. The Morgan fingerprint density at radius 3 is 2.30 bits per heavy atom. The maximum atomic E-state index is 10.7. The summed E-state index contributed by atoms with van der Waals surface area (Å²) in [5.41, 5.74) is 0. The van der Waals surface area contributed by atoms with Gasteiger partial charge in [0.25, 0.3) is 0 Å². The fourth-order valence-electron chi connectivity index (χ4n) is 0.610. The van der Waals surface area contributed by atoms with Crippen molar-refractivity contribution in [3.05, 3.63) is 0 Å². The zero-order valence-electron chi connectivity index (χ0n) is 6.26. The van der Waals surface area contributed by atoms with E-state index < -0.39 is 11.9 Å². The first-order valence-electron chi connectivity index (χ1n) is 3.30. The van der Waals surface area contributed by atoms with Crippen LogP contribution < -0.4 is 0 Å². The lowest BCUT2D eigenvalue weighted by atomic mass is 10.1. The molecule has 0 aliphatic carbocycles. The Bertz CT molecular complexity index is 140. The van der Waals surface area contributed by atoms with Gasteiger partial charge >= 0.3 is 0 Å². The average molecular weight is 144 g/mol. The average Bonchev–Trinajstić information content (AvgIpc) is 1.87. The number of aliphatic hydroxyl groups excluding tert-OH is 1. The van der Waals surface area contributed by atoms with Gasteiger partial charge in [-0.2, -0.15) is 0 Å². The highest BCUT2D eigenvalue weighted by atomic mass is 16.3. The van der Waals surface area contributed by atoms with E-state index >= 15 is 0 Å². The third-order valence-electron chi connectivity index (χ3n) is 1.19. The fourth-order valence-corrected chi connectivity index (χ4v) is 0.610. The summed E-state index contributed by atoms with van der Waals surface area (Å²) in [6.07, 6.45) is -0.441. The minimum absolute atomic E-state index is 0.279. The van der Waals surface area contributed by atoms with Crippen molar-refractivity contribution in [1.29, 1.82) is 0 Å². The van der Waals surface area contributed by atoms with Crippen LogP contribution >= 0.6 is 0 Å². The van der Waals surface area contributed by atoms with Crippen LogP contribution in [0.1, 0.15) is 26.7 Å². The van der Waals surface area contributed by atoms with Crippen molar-refractivity contribution in [2.24, 2.45) is 0 Å². The van der Waals surface area contributed by atoms with E-state index in [4.69, 9.17) is 5.11 Å². The van der Waals surface area contributed by atoms with Crippen molar-refractivity contribution in [2.45, 2.75) is 32.8 Å². The Hall–Kier alpha value is -0.700. The molecular formula is C7H12O3. The highest BCUT2D eigenvalue weighted by molar-refractivity contribution is 6.03. The van der Waals surface area contributed by atoms with Crippen LogP contribution in [0, 0.1) is 0 Å². The fraction of sp³-hybridized carbons (Fsp3) is 0.714. The molecule has 1 atom stereocenters. The SMILES string of the molecule is CCCC(=O)[C@H](O)C(C)=O. The first-order chi connectivity index (χ1) is 4.59. The van der Waals surface area contributed by atoms with E-state index in [1.807, 2.05) is 6.92 Å². The number of carbonyl (C=O) groups excluding carboxylic acids is 2. The molecular weight excluding hydrogens is 132 g/mol. The lowest BCUT2D eigenvalue weighted by molar-refractivity contribution is -0.137. The number of rotatable bonds is 4. The number of aliphatic hydroxyl groups is 1. The summed E-state index contributed by atoms with van der Waals surface area (Å²) < 4.78 is 0. The first kappa shape index (κ1) is 9.30. The highest BCUT2D eigenvalue weighted by Crippen LogP contribution is 1.95. The van der Waals surface area contributed by atoms with Gasteiger partial charge < -0.3 is 5.11 Å². The third kappa shape index (κ3) is 2.73. The van der Waals surface area contributed by atoms with Crippen molar-refractivity contribution in [1.82, 2.24) is 0 Å². The van der Waals surface area contributed by atoms with Gasteiger partial charge in [-0.05, 0) is 13.3 Å². The molecule has 0 aromatic carbocycles. The normalized spacial score (nSPS) is 12.7. The minimum Gasteiger partial charge on any atom is -0.378 e. The number of hydrogen-bond donors (Lipinski definition) is 1. The molecule has 0 amide bonds. The van der Waals surface area contributed by atoms with E-state index in [1.165, 1.54) is 6.92 Å². The maximum Gasteiger partial charge on any atom is 0.170 e. The largest absolute Gasteiger partial charge is 0.378 e. The molecule has 0 radical (unpaired) electrons. The molecule has 3 heteroatoms. The van der Waals surface area contributed by atoms with E-state index in [-0.39, 0.29) is 12.2 Å². The van der Waals surface area contributed by atoms with Crippen LogP contribution in [-0.4, -0.2) is 22.8 Å². The van der Waals surface area contributed by atoms with E-state index in [0.717, 1.165) is 0 Å². The summed E-state index contributed by atoms with van der Waals surface area (Å²) in [5.74, 6) is -0.853. The summed E-state index contributed by atoms with van der Waals surface area (Å²) >= 11 is 0. The van der Waals surface area contributed by atoms with Crippen molar-refractivity contribution >= 4 is 11.6 Å². The molecule has 0 fully saturated rings. The molecule has 0 spiro atoms. The van der Waals surface area contributed by atoms with Gasteiger partial charge in [0.1, 0.15) is 0 Å². The number of hydrogen-bond acceptors (Lipinski definition) is 3. The van der Waals surface area contributed by atoms with Crippen LogP contribution in [0.5, 0.6) is 0 Å². The second kappa shape index (κ2) is 4.17. The second-order valence-corrected chi connectivity index (χ2v) is 2.23. The van der Waals surface area contributed by atoms with Gasteiger partial charge in [-0.15, -0.1) is 0 Å². The molecule has 0 heterocycles. The second-order valence-electron chi connectivity index (χ2n) is 2.23. The van der Waals surface area contributed by atoms with Gasteiger partial charge in [0.2, 0.25) is 0 Å². The van der Waals surface area contributed by atoms with Gasteiger partial charge in [0.15, 0.2) is 17.7 Å².